The van der Waals surface area contributed by atoms with E-state index in [2.05, 4.69) is 20.6 Å². The van der Waals surface area contributed by atoms with E-state index in [0.29, 0.717) is 18.0 Å². The molecular weight excluding hydrogens is 322 g/mol. The van der Waals surface area contributed by atoms with E-state index >= 15 is 0 Å². The van der Waals surface area contributed by atoms with Crippen molar-refractivity contribution in [1.82, 2.24) is 20.0 Å². The van der Waals surface area contributed by atoms with Crippen LogP contribution >= 0.6 is 0 Å². The van der Waals surface area contributed by atoms with Crippen LogP contribution in [0.5, 0.6) is 0 Å². The summed E-state index contributed by atoms with van der Waals surface area (Å²) in [5, 5.41) is 15.5. The lowest BCUT2D eigenvalue weighted by Crippen LogP contribution is -2.17. The highest BCUT2D eigenvalue weighted by Gasteiger charge is 2.18. The van der Waals surface area contributed by atoms with E-state index in [1.54, 1.807) is 10.7 Å². The molecule has 3 aromatic heterocycles. The lowest BCUT2D eigenvalue weighted by molar-refractivity contribution is 0.101. The molecule has 0 bridgehead atoms. The number of nitrogens with zero attached hydrogens (tertiary/aromatic N) is 4. The summed E-state index contributed by atoms with van der Waals surface area (Å²) in [6.07, 6.45) is 0. The van der Waals surface area contributed by atoms with E-state index in [9.17, 15) is 4.79 Å². The van der Waals surface area contributed by atoms with Gasteiger partial charge in [-0.2, -0.15) is 5.10 Å². The van der Waals surface area contributed by atoms with Gasteiger partial charge in [-0.25, -0.2) is 0 Å². The first kappa shape index (κ1) is 15.1. The summed E-state index contributed by atoms with van der Waals surface area (Å²) in [5.74, 6) is 0.289. The first-order valence-corrected chi connectivity index (χ1v) is 7.82. The van der Waals surface area contributed by atoms with Crippen molar-refractivity contribution in [2.24, 2.45) is 0 Å². The number of fused-ring (bicyclic) bond motifs is 1. The third kappa shape index (κ3) is 2.78. The minimum Gasteiger partial charge on any atom is -0.451 e. The molecule has 0 atom stereocenters. The quantitative estimate of drug-likeness (QED) is 0.613. The van der Waals surface area contributed by atoms with Gasteiger partial charge in [-0.15, -0.1) is 5.10 Å². The molecular formula is C17H15N5O3. The van der Waals surface area contributed by atoms with Crippen molar-refractivity contribution in [1.29, 1.82) is 0 Å². The summed E-state index contributed by atoms with van der Waals surface area (Å²) in [6.45, 7) is 4.33. The number of para-hydroxylation sites is 1. The summed E-state index contributed by atoms with van der Waals surface area (Å²) < 4.78 is 12.8. The Bertz CT molecular complexity index is 1030. The number of nitrogens with one attached hydrogen (secondary N) is 1. The van der Waals surface area contributed by atoms with Crippen molar-refractivity contribution < 1.29 is 13.6 Å². The molecule has 1 N–H and O–H groups in total. The topological polar surface area (TPSA) is 99.0 Å². The molecule has 126 valence electrons. The van der Waals surface area contributed by atoms with Crippen molar-refractivity contribution in [3.8, 4) is 11.7 Å². The minimum atomic E-state index is -0.359. The molecule has 0 unspecified atom stereocenters. The molecule has 0 aliphatic carbocycles. The third-order valence-electron chi connectivity index (χ3n) is 3.72. The highest BCUT2D eigenvalue weighted by atomic mass is 16.4. The smallest absolute Gasteiger partial charge is 0.322 e. The van der Waals surface area contributed by atoms with Crippen LogP contribution in [0, 0.1) is 6.92 Å². The van der Waals surface area contributed by atoms with Crippen molar-refractivity contribution in [3.63, 3.8) is 0 Å². The minimum absolute atomic E-state index is 0.00182. The first-order valence-electron chi connectivity index (χ1n) is 7.82. The number of amides is 1. The van der Waals surface area contributed by atoms with Gasteiger partial charge in [0, 0.05) is 11.9 Å². The zero-order valence-corrected chi connectivity index (χ0v) is 13.7. The van der Waals surface area contributed by atoms with Crippen LogP contribution in [-0.4, -0.2) is 25.9 Å². The van der Waals surface area contributed by atoms with E-state index in [0.717, 1.165) is 16.7 Å². The Morgan fingerprint density at radius 2 is 2.04 bits per heavy atom. The predicted molar refractivity (Wildman–Crippen MR) is 90.1 cm³/mol. The van der Waals surface area contributed by atoms with Crippen molar-refractivity contribution in [2.45, 2.75) is 20.4 Å². The van der Waals surface area contributed by atoms with Gasteiger partial charge in [-0.05, 0) is 32.0 Å². The van der Waals surface area contributed by atoms with Gasteiger partial charge in [0.25, 0.3) is 11.8 Å². The normalized spacial score (nSPS) is 11.1. The Labute approximate surface area is 142 Å². The molecule has 0 aliphatic rings. The van der Waals surface area contributed by atoms with Gasteiger partial charge in [0.1, 0.15) is 11.3 Å². The fourth-order valence-corrected chi connectivity index (χ4v) is 2.59. The van der Waals surface area contributed by atoms with E-state index < -0.39 is 0 Å². The molecule has 0 radical (unpaired) electrons. The van der Waals surface area contributed by atoms with Gasteiger partial charge in [0.15, 0.2) is 5.76 Å². The van der Waals surface area contributed by atoms with Gasteiger partial charge >= 0.3 is 6.01 Å². The van der Waals surface area contributed by atoms with Crippen LogP contribution < -0.4 is 5.32 Å². The molecule has 3 heterocycles. The molecule has 25 heavy (non-hydrogen) atoms. The van der Waals surface area contributed by atoms with Crippen LogP contribution in [0.4, 0.5) is 6.01 Å². The zero-order chi connectivity index (χ0) is 17.4. The SMILES string of the molecule is CCn1nc(C)cc1C(=O)Nc1nnc(-c2cc3ccccc3o2)o1. The first-order chi connectivity index (χ1) is 12.1. The fraction of sp³-hybridized carbons (Fsp3) is 0.176. The zero-order valence-electron chi connectivity index (χ0n) is 13.7. The lowest BCUT2D eigenvalue weighted by Gasteiger charge is -2.02. The summed E-state index contributed by atoms with van der Waals surface area (Å²) in [5.41, 5.74) is 1.92. The van der Waals surface area contributed by atoms with Crippen LogP contribution in [0.15, 0.2) is 45.2 Å². The number of anilines is 1. The van der Waals surface area contributed by atoms with Gasteiger partial charge in [-0.1, -0.05) is 23.3 Å². The molecule has 4 rings (SSSR count). The summed E-state index contributed by atoms with van der Waals surface area (Å²) in [7, 11) is 0. The largest absolute Gasteiger partial charge is 0.451 e. The molecule has 8 nitrogen and oxygen atoms in total. The van der Waals surface area contributed by atoms with Crippen molar-refractivity contribution in [3.05, 3.63) is 47.8 Å². The molecule has 0 saturated carbocycles. The molecule has 1 amide bonds. The van der Waals surface area contributed by atoms with Gasteiger partial charge in [0.2, 0.25) is 0 Å². The van der Waals surface area contributed by atoms with E-state index in [4.69, 9.17) is 8.83 Å². The highest BCUT2D eigenvalue weighted by Crippen LogP contribution is 2.27. The predicted octanol–water partition coefficient (Wildman–Crippen LogP) is 3.26. The number of carbonyl (C=O) groups is 1. The number of aryl methyl sites for hydroxylation is 2. The van der Waals surface area contributed by atoms with Gasteiger partial charge < -0.3 is 8.83 Å². The van der Waals surface area contributed by atoms with Crippen molar-refractivity contribution in [2.75, 3.05) is 5.32 Å². The van der Waals surface area contributed by atoms with E-state index in [1.807, 2.05) is 44.2 Å². The molecule has 0 spiro atoms. The molecule has 0 saturated heterocycles. The Morgan fingerprint density at radius 1 is 1.20 bits per heavy atom. The lowest BCUT2D eigenvalue weighted by atomic mass is 10.2. The Balaban J connectivity index is 1.57. The fourth-order valence-electron chi connectivity index (χ4n) is 2.59. The molecule has 8 heteroatoms. The molecule has 0 fully saturated rings. The maximum atomic E-state index is 12.4. The standard InChI is InChI=1S/C17H15N5O3/c1-3-22-12(8-10(2)21-22)15(23)18-17-20-19-16(25-17)14-9-11-6-4-5-7-13(11)24-14/h4-9H,3H2,1-2H3,(H,18,20,23). The molecule has 1 aromatic carbocycles. The van der Waals surface area contributed by atoms with E-state index in [1.165, 1.54) is 0 Å². The number of rotatable bonds is 4. The Kier molecular flexibility index (Phi) is 3.57. The number of aromatic nitrogens is 4. The third-order valence-corrected chi connectivity index (χ3v) is 3.72. The maximum Gasteiger partial charge on any atom is 0.322 e. The number of hydrogen-bond donors (Lipinski definition) is 1. The van der Waals surface area contributed by atoms with Crippen LogP contribution in [0.2, 0.25) is 0 Å². The van der Waals surface area contributed by atoms with Crippen LogP contribution in [-0.2, 0) is 6.54 Å². The van der Waals surface area contributed by atoms with E-state index in [-0.39, 0.29) is 17.8 Å². The van der Waals surface area contributed by atoms with Crippen LogP contribution in [0.25, 0.3) is 22.6 Å². The maximum absolute atomic E-state index is 12.4. The van der Waals surface area contributed by atoms with Gasteiger partial charge in [-0.3, -0.25) is 14.8 Å². The molecule has 4 aromatic rings. The average Bonchev–Trinajstić information content (AvgIpc) is 3.31. The second-order valence-corrected chi connectivity index (χ2v) is 5.50. The molecule has 0 aliphatic heterocycles. The monoisotopic (exact) mass is 337 g/mol. The number of carbonyl (C=O) groups excluding carboxylic acids is 1. The average molecular weight is 337 g/mol. The second-order valence-electron chi connectivity index (χ2n) is 5.50. The number of benzene rings is 1. The highest BCUT2D eigenvalue weighted by molar-refractivity contribution is 6.02. The van der Waals surface area contributed by atoms with Crippen LogP contribution in [0.1, 0.15) is 23.1 Å². The number of hydrogen-bond acceptors (Lipinski definition) is 6. The Hall–Kier alpha value is -3.42. The second kappa shape index (κ2) is 5.90. The summed E-state index contributed by atoms with van der Waals surface area (Å²) in [6, 6.07) is 11.1. The Morgan fingerprint density at radius 3 is 2.84 bits per heavy atom. The summed E-state index contributed by atoms with van der Waals surface area (Å²) in [4.78, 5) is 12.4. The van der Waals surface area contributed by atoms with Crippen LogP contribution in [0.3, 0.4) is 0 Å². The van der Waals surface area contributed by atoms with Crippen molar-refractivity contribution >= 4 is 22.9 Å². The number of furan rings is 1. The van der Waals surface area contributed by atoms with Gasteiger partial charge in [0.05, 0.1) is 5.69 Å². The summed E-state index contributed by atoms with van der Waals surface area (Å²) >= 11 is 0.